The Labute approximate surface area is 114 Å². The van der Waals surface area contributed by atoms with Gasteiger partial charge in [0, 0.05) is 0 Å². The van der Waals surface area contributed by atoms with Gasteiger partial charge in [-0.1, -0.05) is 31.9 Å². The van der Waals surface area contributed by atoms with Crippen molar-refractivity contribution < 1.29 is 24.8 Å². The van der Waals surface area contributed by atoms with Crippen LogP contribution in [0.3, 0.4) is 0 Å². The summed E-state index contributed by atoms with van der Waals surface area (Å²) in [5.41, 5.74) is 0. The van der Waals surface area contributed by atoms with E-state index in [1.807, 2.05) is 6.08 Å². The average molecular weight is 274 g/mol. The summed E-state index contributed by atoms with van der Waals surface area (Å²) in [4.78, 5) is 0. The van der Waals surface area contributed by atoms with Crippen molar-refractivity contribution in [2.75, 3.05) is 19.8 Å². The van der Waals surface area contributed by atoms with Crippen LogP contribution in [0.5, 0.6) is 0 Å². The highest BCUT2D eigenvalue weighted by Crippen LogP contribution is 2.19. The highest BCUT2D eigenvalue weighted by molar-refractivity contribution is 4.89. The van der Waals surface area contributed by atoms with Crippen molar-refractivity contribution >= 4 is 0 Å². The first-order valence-electron chi connectivity index (χ1n) is 7.05. The van der Waals surface area contributed by atoms with E-state index in [0.29, 0.717) is 6.61 Å². The summed E-state index contributed by atoms with van der Waals surface area (Å²) in [6, 6.07) is 0. The smallest absolute Gasteiger partial charge is 0.114 e. The van der Waals surface area contributed by atoms with Crippen LogP contribution in [0, 0.1) is 0 Å². The van der Waals surface area contributed by atoms with Crippen molar-refractivity contribution in [3.8, 4) is 0 Å². The number of allylic oxidation sites excluding steroid dienone is 1. The van der Waals surface area contributed by atoms with Crippen molar-refractivity contribution in [1.29, 1.82) is 0 Å². The van der Waals surface area contributed by atoms with E-state index >= 15 is 0 Å². The van der Waals surface area contributed by atoms with E-state index in [9.17, 15) is 15.3 Å². The number of aliphatic hydroxyl groups is 3. The van der Waals surface area contributed by atoms with Gasteiger partial charge in [0.25, 0.3) is 0 Å². The number of hydrogen-bond donors (Lipinski definition) is 3. The summed E-state index contributed by atoms with van der Waals surface area (Å²) in [6.45, 7) is 2.39. The van der Waals surface area contributed by atoms with Crippen molar-refractivity contribution in [3.05, 3.63) is 12.2 Å². The quantitative estimate of drug-likeness (QED) is 0.424. The molecule has 0 aromatic rings. The predicted octanol–water partition coefficient (Wildman–Crippen LogP) is 0.621. The molecule has 112 valence electrons. The molecule has 0 saturated carbocycles. The molecular formula is C14H26O5. The summed E-state index contributed by atoms with van der Waals surface area (Å²) in [5.74, 6) is 0. The minimum atomic E-state index is -0.995. The highest BCUT2D eigenvalue weighted by Gasteiger charge is 2.40. The van der Waals surface area contributed by atoms with E-state index < -0.39 is 24.4 Å². The SMILES string of the molecule is CCCCC/C=C/CO[C@H](CO)[C@@H]1OC[C@H](O)[C@@H]1O. The molecule has 0 aromatic heterocycles. The van der Waals surface area contributed by atoms with E-state index in [-0.39, 0.29) is 13.2 Å². The fourth-order valence-corrected chi connectivity index (χ4v) is 2.08. The zero-order chi connectivity index (χ0) is 14.1. The minimum absolute atomic E-state index is 0.0819. The maximum atomic E-state index is 9.67. The molecule has 0 unspecified atom stereocenters. The monoisotopic (exact) mass is 274 g/mol. The number of rotatable bonds is 9. The molecule has 1 aliphatic heterocycles. The molecule has 5 heteroatoms. The number of unbranched alkanes of at least 4 members (excludes halogenated alkanes) is 3. The summed E-state index contributed by atoms with van der Waals surface area (Å²) in [6.07, 6.45) is 5.45. The lowest BCUT2D eigenvalue weighted by molar-refractivity contribution is -0.0942. The molecule has 5 nitrogen and oxygen atoms in total. The average Bonchev–Trinajstić information content (AvgIpc) is 2.74. The molecule has 19 heavy (non-hydrogen) atoms. The Morgan fingerprint density at radius 3 is 2.68 bits per heavy atom. The Hall–Kier alpha value is -0.460. The lowest BCUT2D eigenvalue weighted by atomic mass is 10.1. The van der Waals surface area contributed by atoms with Gasteiger partial charge in [-0.3, -0.25) is 0 Å². The summed E-state index contributed by atoms with van der Waals surface area (Å²) in [7, 11) is 0. The lowest BCUT2D eigenvalue weighted by Crippen LogP contribution is -2.42. The third-order valence-corrected chi connectivity index (χ3v) is 3.28. The summed E-state index contributed by atoms with van der Waals surface area (Å²) < 4.78 is 10.7. The second-order valence-corrected chi connectivity index (χ2v) is 4.88. The molecular weight excluding hydrogens is 248 g/mol. The van der Waals surface area contributed by atoms with Gasteiger partial charge in [0.1, 0.15) is 24.4 Å². The molecule has 0 radical (unpaired) electrons. The Balaban J connectivity index is 2.22. The molecule has 1 saturated heterocycles. The number of aliphatic hydroxyl groups excluding tert-OH is 3. The molecule has 1 rings (SSSR count). The van der Waals surface area contributed by atoms with E-state index in [0.717, 1.165) is 6.42 Å². The van der Waals surface area contributed by atoms with Gasteiger partial charge in [0.2, 0.25) is 0 Å². The Morgan fingerprint density at radius 1 is 1.32 bits per heavy atom. The first-order valence-corrected chi connectivity index (χ1v) is 7.05. The zero-order valence-corrected chi connectivity index (χ0v) is 11.6. The van der Waals surface area contributed by atoms with Gasteiger partial charge in [0.05, 0.1) is 19.8 Å². The van der Waals surface area contributed by atoms with Crippen molar-refractivity contribution in [1.82, 2.24) is 0 Å². The summed E-state index contributed by atoms with van der Waals surface area (Å²) in [5, 5.41) is 28.3. The Bertz CT molecular complexity index is 256. The van der Waals surface area contributed by atoms with Crippen LogP contribution in [0.2, 0.25) is 0 Å². The maximum Gasteiger partial charge on any atom is 0.114 e. The van der Waals surface area contributed by atoms with E-state index in [1.54, 1.807) is 0 Å². The first-order chi connectivity index (χ1) is 9.20. The molecule has 0 bridgehead atoms. The fourth-order valence-electron chi connectivity index (χ4n) is 2.08. The van der Waals surface area contributed by atoms with Crippen LogP contribution >= 0.6 is 0 Å². The van der Waals surface area contributed by atoms with Crippen molar-refractivity contribution in [3.63, 3.8) is 0 Å². The van der Waals surface area contributed by atoms with Gasteiger partial charge in [-0.2, -0.15) is 0 Å². The van der Waals surface area contributed by atoms with Crippen LogP contribution in [0.25, 0.3) is 0 Å². The van der Waals surface area contributed by atoms with Crippen molar-refractivity contribution in [2.24, 2.45) is 0 Å². The standard InChI is InChI=1S/C14H26O5/c1-2-3-4-5-6-7-8-18-12(9-15)14-13(17)11(16)10-19-14/h6-7,11-17H,2-5,8-10H2,1H3/b7-6+/t11-,12+,13-,14-/m0/s1. The second-order valence-electron chi connectivity index (χ2n) is 4.88. The van der Waals surface area contributed by atoms with Gasteiger partial charge < -0.3 is 24.8 Å². The largest absolute Gasteiger partial charge is 0.394 e. The van der Waals surface area contributed by atoms with E-state index in [2.05, 4.69) is 13.0 Å². The maximum absolute atomic E-state index is 9.67. The third kappa shape index (κ3) is 5.58. The zero-order valence-electron chi connectivity index (χ0n) is 11.6. The van der Waals surface area contributed by atoms with Crippen molar-refractivity contribution in [2.45, 2.75) is 57.0 Å². The molecule has 0 amide bonds. The fraction of sp³-hybridized carbons (Fsp3) is 0.857. The molecule has 0 spiro atoms. The third-order valence-electron chi connectivity index (χ3n) is 3.28. The number of ether oxygens (including phenoxy) is 2. The molecule has 1 heterocycles. The molecule has 1 fully saturated rings. The van der Waals surface area contributed by atoms with Crippen LogP contribution in [0.4, 0.5) is 0 Å². The lowest BCUT2D eigenvalue weighted by Gasteiger charge is -2.23. The van der Waals surface area contributed by atoms with Gasteiger partial charge in [0.15, 0.2) is 0 Å². The van der Waals surface area contributed by atoms with Gasteiger partial charge in [-0.15, -0.1) is 0 Å². The van der Waals surface area contributed by atoms with Crippen LogP contribution in [-0.4, -0.2) is 59.6 Å². The van der Waals surface area contributed by atoms with Gasteiger partial charge >= 0.3 is 0 Å². The normalized spacial score (nSPS) is 29.2. The van der Waals surface area contributed by atoms with E-state index in [1.165, 1.54) is 19.3 Å². The Morgan fingerprint density at radius 2 is 2.11 bits per heavy atom. The minimum Gasteiger partial charge on any atom is -0.394 e. The van der Waals surface area contributed by atoms with Crippen LogP contribution in [0.1, 0.15) is 32.6 Å². The van der Waals surface area contributed by atoms with E-state index in [4.69, 9.17) is 9.47 Å². The van der Waals surface area contributed by atoms with Gasteiger partial charge in [-0.25, -0.2) is 0 Å². The predicted molar refractivity (Wildman–Crippen MR) is 71.9 cm³/mol. The second kappa shape index (κ2) is 9.44. The van der Waals surface area contributed by atoms with Crippen LogP contribution in [-0.2, 0) is 9.47 Å². The molecule has 3 N–H and O–H groups in total. The molecule has 0 aromatic carbocycles. The molecule has 1 aliphatic rings. The molecule has 4 atom stereocenters. The van der Waals surface area contributed by atoms with Crippen LogP contribution < -0.4 is 0 Å². The topological polar surface area (TPSA) is 79.2 Å². The van der Waals surface area contributed by atoms with Crippen LogP contribution in [0.15, 0.2) is 12.2 Å². The number of hydrogen-bond acceptors (Lipinski definition) is 5. The Kier molecular flexibility index (Phi) is 8.25. The molecule has 0 aliphatic carbocycles. The first kappa shape index (κ1) is 16.6. The highest BCUT2D eigenvalue weighted by atomic mass is 16.6. The summed E-state index contributed by atoms with van der Waals surface area (Å²) >= 11 is 0. The van der Waals surface area contributed by atoms with Gasteiger partial charge in [-0.05, 0) is 12.8 Å².